The van der Waals surface area contributed by atoms with Crippen LogP contribution in [-0.4, -0.2) is 26.4 Å². The lowest BCUT2D eigenvalue weighted by Gasteiger charge is -2.24. The third-order valence-electron chi connectivity index (χ3n) is 2.93. The van der Waals surface area contributed by atoms with Crippen LogP contribution in [0.1, 0.15) is 38.1 Å². The van der Waals surface area contributed by atoms with Crippen molar-refractivity contribution < 1.29 is 9.90 Å². The fourth-order valence-electron chi connectivity index (χ4n) is 2.17. The third kappa shape index (κ3) is 2.78. The second-order valence-corrected chi connectivity index (χ2v) is 5.03. The molecule has 1 fully saturated rings. The van der Waals surface area contributed by atoms with Gasteiger partial charge in [-0.25, -0.2) is 4.98 Å². The van der Waals surface area contributed by atoms with Crippen LogP contribution < -0.4 is 0 Å². The molecular weight excluding hydrogens is 224 g/mol. The first-order chi connectivity index (χ1) is 7.77. The summed E-state index contributed by atoms with van der Waals surface area (Å²) < 4.78 is 2.15. The first-order valence-electron chi connectivity index (χ1n) is 5.65. The molecule has 1 N–H and O–H groups in total. The number of carbonyl (C=O) groups is 1. The topological polar surface area (TPSA) is 55.1 Å². The summed E-state index contributed by atoms with van der Waals surface area (Å²) in [6.45, 7) is 0. The van der Waals surface area contributed by atoms with E-state index in [1.807, 2.05) is 6.20 Å². The molecule has 1 aliphatic carbocycles. The highest BCUT2D eigenvalue weighted by molar-refractivity contribution is 7.99. The SMILES string of the molecule is O=C(O)CSc1nccn1C1CCCCC1. The molecule has 2 rings (SSSR count). The summed E-state index contributed by atoms with van der Waals surface area (Å²) in [5, 5.41) is 9.50. The average molecular weight is 240 g/mol. The molecule has 1 aromatic heterocycles. The molecule has 16 heavy (non-hydrogen) atoms. The van der Waals surface area contributed by atoms with E-state index < -0.39 is 5.97 Å². The van der Waals surface area contributed by atoms with Crippen LogP contribution in [0.2, 0.25) is 0 Å². The zero-order valence-electron chi connectivity index (χ0n) is 9.13. The van der Waals surface area contributed by atoms with Gasteiger partial charge in [-0.3, -0.25) is 4.79 Å². The van der Waals surface area contributed by atoms with Gasteiger partial charge < -0.3 is 9.67 Å². The van der Waals surface area contributed by atoms with Crippen molar-refractivity contribution in [1.82, 2.24) is 9.55 Å². The number of carboxylic acids is 1. The molecule has 1 aromatic rings. The number of hydrogen-bond donors (Lipinski definition) is 1. The van der Waals surface area contributed by atoms with Gasteiger partial charge in [-0.1, -0.05) is 31.0 Å². The first kappa shape index (κ1) is 11.5. The summed E-state index contributed by atoms with van der Waals surface area (Å²) >= 11 is 1.31. The highest BCUT2D eigenvalue weighted by Crippen LogP contribution is 2.31. The normalized spacial score (nSPS) is 17.5. The van der Waals surface area contributed by atoms with E-state index in [9.17, 15) is 4.79 Å². The van der Waals surface area contributed by atoms with E-state index >= 15 is 0 Å². The Morgan fingerprint density at radius 2 is 2.25 bits per heavy atom. The molecule has 0 bridgehead atoms. The summed E-state index contributed by atoms with van der Waals surface area (Å²) in [6.07, 6.45) is 9.98. The Hall–Kier alpha value is -0.970. The molecule has 0 saturated heterocycles. The minimum Gasteiger partial charge on any atom is -0.481 e. The van der Waals surface area contributed by atoms with Crippen molar-refractivity contribution in [1.29, 1.82) is 0 Å². The molecule has 1 heterocycles. The van der Waals surface area contributed by atoms with E-state index in [1.165, 1.54) is 43.9 Å². The molecule has 0 amide bonds. The third-order valence-corrected chi connectivity index (χ3v) is 3.89. The van der Waals surface area contributed by atoms with Crippen molar-refractivity contribution in [3.8, 4) is 0 Å². The van der Waals surface area contributed by atoms with Gasteiger partial charge in [-0.15, -0.1) is 0 Å². The van der Waals surface area contributed by atoms with Crippen molar-refractivity contribution in [2.45, 2.75) is 43.3 Å². The molecule has 0 radical (unpaired) electrons. The maximum absolute atomic E-state index is 10.5. The van der Waals surface area contributed by atoms with Gasteiger partial charge in [0.25, 0.3) is 0 Å². The number of aromatic nitrogens is 2. The molecule has 0 spiro atoms. The van der Waals surface area contributed by atoms with Gasteiger partial charge in [0.1, 0.15) is 0 Å². The number of aliphatic carboxylic acids is 1. The van der Waals surface area contributed by atoms with Gasteiger partial charge in [-0.05, 0) is 12.8 Å². The van der Waals surface area contributed by atoms with E-state index in [0.29, 0.717) is 6.04 Å². The van der Waals surface area contributed by atoms with Gasteiger partial charge in [-0.2, -0.15) is 0 Å². The molecule has 1 saturated carbocycles. The Morgan fingerprint density at radius 3 is 2.94 bits per heavy atom. The smallest absolute Gasteiger partial charge is 0.313 e. The zero-order valence-corrected chi connectivity index (χ0v) is 9.95. The van der Waals surface area contributed by atoms with Crippen LogP contribution >= 0.6 is 11.8 Å². The zero-order chi connectivity index (χ0) is 11.4. The van der Waals surface area contributed by atoms with Crippen molar-refractivity contribution in [2.75, 3.05) is 5.75 Å². The van der Waals surface area contributed by atoms with E-state index in [1.54, 1.807) is 6.20 Å². The monoisotopic (exact) mass is 240 g/mol. The van der Waals surface area contributed by atoms with Crippen LogP contribution in [0, 0.1) is 0 Å². The van der Waals surface area contributed by atoms with Crippen LogP contribution in [0.4, 0.5) is 0 Å². The van der Waals surface area contributed by atoms with Crippen molar-refractivity contribution in [3.05, 3.63) is 12.4 Å². The Balaban J connectivity index is 2.02. The van der Waals surface area contributed by atoms with Gasteiger partial charge >= 0.3 is 5.97 Å². The maximum Gasteiger partial charge on any atom is 0.313 e. The minimum absolute atomic E-state index is 0.0870. The fourth-order valence-corrected chi connectivity index (χ4v) is 2.92. The number of hydrogen-bond acceptors (Lipinski definition) is 3. The van der Waals surface area contributed by atoms with Crippen LogP contribution in [0.5, 0.6) is 0 Å². The fraction of sp³-hybridized carbons (Fsp3) is 0.636. The standard InChI is InChI=1S/C11H16N2O2S/c14-10(15)8-16-11-12-6-7-13(11)9-4-2-1-3-5-9/h6-7,9H,1-5,8H2,(H,14,15). The highest BCUT2D eigenvalue weighted by atomic mass is 32.2. The second kappa shape index (κ2) is 5.39. The van der Waals surface area contributed by atoms with E-state index in [0.717, 1.165) is 5.16 Å². The van der Waals surface area contributed by atoms with E-state index in [-0.39, 0.29) is 5.75 Å². The van der Waals surface area contributed by atoms with Crippen LogP contribution in [0.25, 0.3) is 0 Å². The van der Waals surface area contributed by atoms with Gasteiger partial charge in [0, 0.05) is 18.4 Å². The average Bonchev–Trinajstić information content (AvgIpc) is 2.75. The van der Waals surface area contributed by atoms with E-state index in [2.05, 4.69) is 9.55 Å². The minimum atomic E-state index is -0.789. The number of rotatable bonds is 4. The van der Waals surface area contributed by atoms with Gasteiger partial charge in [0.05, 0.1) is 5.75 Å². The highest BCUT2D eigenvalue weighted by Gasteiger charge is 2.18. The van der Waals surface area contributed by atoms with Gasteiger partial charge in [0.2, 0.25) is 0 Å². The lowest BCUT2D eigenvalue weighted by molar-refractivity contribution is -0.133. The largest absolute Gasteiger partial charge is 0.481 e. The van der Waals surface area contributed by atoms with Gasteiger partial charge in [0.15, 0.2) is 5.16 Å². The van der Waals surface area contributed by atoms with Crippen LogP contribution in [0.15, 0.2) is 17.6 Å². The number of carboxylic acid groups (broad SMARTS) is 1. The quantitative estimate of drug-likeness (QED) is 0.822. The molecule has 88 valence electrons. The van der Waals surface area contributed by atoms with Crippen molar-refractivity contribution in [2.24, 2.45) is 0 Å². The summed E-state index contributed by atoms with van der Waals surface area (Å²) in [6, 6.07) is 0.521. The first-order valence-corrected chi connectivity index (χ1v) is 6.63. The lowest BCUT2D eigenvalue weighted by Crippen LogP contribution is -2.13. The Morgan fingerprint density at radius 1 is 1.50 bits per heavy atom. The molecule has 5 heteroatoms. The summed E-state index contributed by atoms with van der Waals surface area (Å²) in [7, 11) is 0. The number of imidazole rings is 1. The van der Waals surface area contributed by atoms with Crippen LogP contribution in [-0.2, 0) is 4.79 Å². The Kier molecular flexibility index (Phi) is 3.88. The number of nitrogens with zero attached hydrogens (tertiary/aromatic N) is 2. The lowest BCUT2D eigenvalue weighted by atomic mass is 9.95. The predicted octanol–water partition coefficient (Wildman–Crippen LogP) is 2.57. The molecule has 0 atom stereocenters. The molecule has 0 aromatic carbocycles. The molecule has 4 nitrogen and oxygen atoms in total. The number of thioether (sulfide) groups is 1. The maximum atomic E-state index is 10.5. The second-order valence-electron chi connectivity index (χ2n) is 4.09. The van der Waals surface area contributed by atoms with Crippen LogP contribution in [0.3, 0.4) is 0 Å². The Labute approximate surface area is 99.1 Å². The molecule has 0 unspecified atom stereocenters. The molecule has 0 aliphatic heterocycles. The van der Waals surface area contributed by atoms with Crippen molar-refractivity contribution >= 4 is 17.7 Å². The summed E-state index contributed by atoms with van der Waals surface area (Å²) in [4.78, 5) is 14.8. The molecule has 1 aliphatic rings. The summed E-state index contributed by atoms with van der Waals surface area (Å²) in [5.41, 5.74) is 0. The van der Waals surface area contributed by atoms with E-state index in [4.69, 9.17) is 5.11 Å². The summed E-state index contributed by atoms with van der Waals surface area (Å²) in [5.74, 6) is -0.702. The Bertz CT molecular complexity index is 359. The van der Waals surface area contributed by atoms with Crippen molar-refractivity contribution in [3.63, 3.8) is 0 Å². The molecular formula is C11H16N2O2S. The predicted molar refractivity (Wildman–Crippen MR) is 62.7 cm³/mol.